The molecule has 0 unspecified atom stereocenters. The molecule has 1 aliphatic heterocycles. The summed E-state index contributed by atoms with van der Waals surface area (Å²) in [5.74, 6) is 0.905. The first-order chi connectivity index (χ1) is 11.5. The van der Waals surface area contributed by atoms with Crippen molar-refractivity contribution < 1.29 is 8.42 Å². The van der Waals surface area contributed by atoms with Crippen LogP contribution in [0.3, 0.4) is 0 Å². The fourth-order valence-electron chi connectivity index (χ4n) is 2.60. The Morgan fingerprint density at radius 3 is 2.60 bits per heavy atom. The number of guanidine groups is 1. The topological polar surface area (TPSA) is 86.7 Å². The summed E-state index contributed by atoms with van der Waals surface area (Å²) in [5.41, 5.74) is 0. The molecule has 0 radical (unpaired) electrons. The molecule has 10 heteroatoms. The van der Waals surface area contributed by atoms with Crippen molar-refractivity contribution >= 4 is 51.3 Å². The highest BCUT2D eigenvalue weighted by Crippen LogP contribution is 2.15. The number of aromatic nitrogens is 1. The van der Waals surface area contributed by atoms with E-state index in [-0.39, 0.29) is 35.8 Å². The first-order valence-corrected chi connectivity index (χ1v) is 10.8. The van der Waals surface area contributed by atoms with E-state index in [2.05, 4.69) is 27.5 Å². The van der Waals surface area contributed by atoms with E-state index in [0.29, 0.717) is 19.6 Å². The largest absolute Gasteiger partial charge is 0.354 e. The Hall–Kier alpha value is -0.460. The van der Waals surface area contributed by atoms with E-state index in [4.69, 9.17) is 0 Å². The molecule has 1 saturated heterocycles. The molecule has 0 aliphatic carbocycles. The van der Waals surface area contributed by atoms with Gasteiger partial charge in [-0.15, -0.1) is 35.3 Å². The van der Waals surface area contributed by atoms with Crippen molar-refractivity contribution in [3.63, 3.8) is 0 Å². The second kappa shape index (κ2) is 10.6. The van der Waals surface area contributed by atoms with Crippen LogP contribution in [0.1, 0.15) is 36.6 Å². The minimum absolute atomic E-state index is 0. The fourth-order valence-corrected chi connectivity index (χ4v) is 4.54. The van der Waals surface area contributed by atoms with Crippen LogP contribution >= 0.6 is 35.3 Å². The summed E-state index contributed by atoms with van der Waals surface area (Å²) in [4.78, 5) is 9.91. The molecule has 0 bridgehead atoms. The van der Waals surface area contributed by atoms with Crippen LogP contribution in [0.15, 0.2) is 11.2 Å². The van der Waals surface area contributed by atoms with Gasteiger partial charge in [-0.25, -0.2) is 17.7 Å². The van der Waals surface area contributed by atoms with E-state index in [0.717, 1.165) is 30.2 Å². The quantitative estimate of drug-likeness (QED) is 0.353. The maximum absolute atomic E-state index is 11.9. The average Bonchev–Trinajstić information content (AvgIpc) is 3.07. The lowest BCUT2D eigenvalue weighted by Gasteiger charge is -2.32. The van der Waals surface area contributed by atoms with Crippen molar-refractivity contribution in [3.8, 4) is 0 Å². The second-order valence-corrected chi connectivity index (χ2v) is 9.18. The van der Waals surface area contributed by atoms with Crippen molar-refractivity contribution in [2.45, 2.75) is 45.7 Å². The minimum atomic E-state index is -3.07. The average molecular weight is 501 g/mol. The second-order valence-electron chi connectivity index (χ2n) is 5.72. The third-order valence-electron chi connectivity index (χ3n) is 4.13. The van der Waals surface area contributed by atoms with Crippen LogP contribution in [-0.2, 0) is 23.0 Å². The monoisotopic (exact) mass is 501 g/mol. The molecule has 2 heterocycles. The normalized spacial score (nSPS) is 17.2. The number of hydrogen-bond donors (Lipinski definition) is 2. The molecule has 7 nitrogen and oxygen atoms in total. The molecule has 1 fully saturated rings. The highest BCUT2D eigenvalue weighted by Gasteiger charge is 2.26. The van der Waals surface area contributed by atoms with Crippen molar-refractivity contribution in [3.05, 3.63) is 16.1 Å². The molecular formula is C15H28IN5O2S2. The summed E-state index contributed by atoms with van der Waals surface area (Å²) in [6.07, 6.45) is 4.50. The minimum Gasteiger partial charge on any atom is -0.354 e. The van der Waals surface area contributed by atoms with Gasteiger partial charge in [0.05, 0.1) is 12.3 Å². The van der Waals surface area contributed by atoms with Crippen LogP contribution in [0.4, 0.5) is 0 Å². The number of rotatable bonds is 6. The number of halogens is 1. The summed E-state index contributed by atoms with van der Waals surface area (Å²) >= 11 is 1.71. The Morgan fingerprint density at radius 1 is 1.40 bits per heavy atom. The zero-order valence-electron chi connectivity index (χ0n) is 15.0. The molecule has 1 aromatic heterocycles. The molecule has 2 rings (SSSR count). The molecule has 25 heavy (non-hydrogen) atoms. The van der Waals surface area contributed by atoms with Crippen molar-refractivity contribution in [2.75, 3.05) is 25.9 Å². The number of nitrogens with one attached hydrogen (secondary N) is 2. The van der Waals surface area contributed by atoms with Gasteiger partial charge in [0.15, 0.2) is 5.96 Å². The van der Waals surface area contributed by atoms with Crippen LogP contribution in [0, 0.1) is 0 Å². The van der Waals surface area contributed by atoms with Gasteiger partial charge in [-0.05, 0) is 26.2 Å². The van der Waals surface area contributed by atoms with E-state index in [1.165, 1.54) is 4.88 Å². The number of nitrogens with zero attached hydrogens (tertiary/aromatic N) is 3. The van der Waals surface area contributed by atoms with Gasteiger partial charge >= 0.3 is 0 Å². The summed E-state index contributed by atoms with van der Waals surface area (Å²) < 4.78 is 25.4. The molecule has 1 aromatic rings. The third-order valence-corrected chi connectivity index (χ3v) is 7.16. The number of hydrogen-bond acceptors (Lipinski definition) is 5. The smallest absolute Gasteiger partial charge is 0.213 e. The molecule has 0 atom stereocenters. The van der Waals surface area contributed by atoms with Gasteiger partial charge in [-0.3, -0.25) is 4.99 Å². The lowest BCUT2D eigenvalue weighted by Crippen LogP contribution is -2.49. The molecule has 144 valence electrons. The molecule has 1 aliphatic rings. The third kappa shape index (κ3) is 6.65. The SMILES string of the molecule is CCc1cnc(CNC(=NC)NC2CCN(S(=O)(=O)CC)CC2)s1.I. The van der Waals surface area contributed by atoms with E-state index >= 15 is 0 Å². The zero-order chi connectivity index (χ0) is 17.6. The lowest BCUT2D eigenvalue weighted by molar-refractivity contribution is 0.306. The molecule has 0 saturated carbocycles. The number of piperidine rings is 1. The molecule has 0 amide bonds. The van der Waals surface area contributed by atoms with Crippen LogP contribution in [0.2, 0.25) is 0 Å². The summed E-state index contributed by atoms with van der Waals surface area (Å²) in [6, 6.07) is 0.238. The summed E-state index contributed by atoms with van der Waals surface area (Å²) in [6.45, 7) is 5.59. The first-order valence-electron chi connectivity index (χ1n) is 8.37. The van der Waals surface area contributed by atoms with Gasteiger partial charge in [-0.2, -0.15) is 0 Å². The van der Waals surface area contributed by atoms with E-state index in [1.54, 1.807) is 29.6 Å². The van der Waals surface area contributed by atoms with Crippen molar-refractivity contribution in [1.82, 2.24) is 19.9 Å². The summed E-state index contributed by atoms with van der Waals surface area (Å²) in [5, 5.41) is 7.70. The van der Waals surface area contributed by atoms with E-state index in [1.807, 2.05) is 6.20 Å². The highest BCUT2D eigenvalue weighted by atomic mass is 127. The van der Waals surface area contributed by atoms with Crippen LogP contribution in [0.5, 0.6) is 0 Å². The highest BCUT2D eigenvalue weighted by molar-refractivity contribution is 14.0. The van der Waals surface area contributed by atoms with Gasteiger partial charge in [0, 0.05) is 37.3 Å². The molecule has 0 spiro atoms. The standard InChI is InChI=1S/C15H27N5O2S2.HI/c1-4-13-10-17-14(23-13)11-18-15(16-3)19-12-6-8-20(9-7-12)24(21,22)5-2;/h10,12H,4-9,11H2,1-3H3,(H2,16,18,19);1H. The number of aryl methyl sites for hydroxylation is 1. The predicted octanol–water partition coefficient (Wildman–Crippen LogP) is 1.80. The van der Waals surface area contributed by atoms with Gasteiger partial charge in [0.2, 0.25) is 10.0 Å². The Labute approximate surface area is 171 Å². The number of sulfonamides is 1. The van der Waals surface area contributed by atoms with E-state index in [9.17, 15) is 8.42 Å². The van der Waals surface area contributed by atoms with Gasteiger partial charge < -0.3 is 10.6 Å². The summed E-state index contributed by atoms with van der Waals surface area (Å²) in [7, 11) is -1.33. The molecule has 0 aromatic carbocycles. The molecular weight excluding hydrogens is 473 g/mol. The van der Waals surface area contributed by atoms with Crippen LogP contribution < -0.4 is 10.6 Å². The Morgan fingerprint density at radius 2 is 2.08 bits per heavy atom. The van der Waals surface area contributed by atoms with Crippen LogP contribution in [0.25, 0.3) is 0 Å². The van der Waals surface area contributed by atoms with Crippen molar-refractivity contribution in [2.24, 2.45) is 4.99 Å². The fraction of sp³-hybridized carbons (Fsp3) is 0.733. The Bertz CT molecular complexity index is 655. The maximum Gasteiger partial charge on any atom is 0.213 e. The maximum atomic E-state index is 11.9. The van der Waals surface area contributed by atoms with Crippen molar-refractivity contribution in [1.29, 1.82) is 0 Å². The molecule has 2 N–H and O–H groups in total. The first kappa shape index (κ1) is 22.6. The number of aliphatic imine (C=N–C) groups is 1. The van der Waals surface area contributed by atoms with Gasteiger partial charge in [0.1, 0.15) is 5.01 Å². The van der Waals surface area contributed by atoms with Gasteiger partial charge in [-0.1, -0.05) is 6.92 Å². The lowest BCUT2D eigenvalue weighted by atomic mass is 10.1. The Kier molecular flexibility index (Phi) is 9.60. The predicted molar refractivity (Wildman–Crippen MR) is 114 cm³/mol. The Balaban J connectivity index is 0.00000312. The zero-order valence-corrected chi connectivity index (χ0v) is 19.0. The number of thiazole rings is 1. The van der Waals surface area contributed by atoms with Crippen LogP contribution in [-0.4, -0.2) is 55.6 Å². The van der Waals surface area contributed by atoms with Gasteiger partial charge in [0.25, 0.3) is 0 Å². The van der Waals surface area contributed by atoms with E-state index < -0.39 is 10.0 Å².